The minimum absolute atomic E-state index is 0.301. The van der Waals surface area contributed by atoms with E-state index < -0.39 is 35.6 Å². The molecular formula is C28H38ClN3O4. The molecule has 0 saturated carbocycles. The van der Waals surface area contributed by atoms with E-state index in [1.54, 1.807) is 33.8 Å². The first-order valence-electron chi connectivity index (χ1n) is 12.2. The molecule has 0 saturated heterocycles. The highest BCUT2D eigenvalue weighted by Crippen LogP contribution is 2.31. The van der Waals surface area contributed by atoms with Crippen molar-refractivity contribution in [1.82, 2.24) is 10.2 Å². The van der Waals surface area contributed by atoms with Gasteiger partial charge in [-0.2, -0.15) is 0 Å². The molecule has 7 nitrogen and oxygen atoms in total. The van der Waals surface area contributed by atoms with E-state index in [0.29, 0.717) is 22.7 Å². The first-order valence-corrected chi connectivity index (χ1v) is 12.6. The van der Waals surface area contributed by atoms with Gasteiger partial charge in [0.15, 0.2) is 0 Å². The van der Waals surface area contributed by atoms with E-state index >= 15 is 0 Å². The molecule has 8 heteroatoms. The lowest BCUT2D eigenvalue weighted by Crippen LogP contribution is -2.53. The number of amides is 3. The number of alkyl carbamates (subject to hydrolysis) is 1. The molecule has 2 N–H and O–H groups in total. The van der Waals surface area contributed by atoms with Gasteiger partial charge in [-0.05, 0) is 72.1 Å². The van der Waals surface area contributed by atoms with Gasteiger partial charge < -0.3 is 20.3 Å². The summed E-state index contributed by atoms with van der Waals surface area (Å²) in [6.07, 6.45) is -0.0958. The van der Waals surface area contributed by atoms with E-state index in [-0.39, 0.29) is 6.04 Å². The van der Waals surface area contributed by atoms with Crippen LogP contribution in [0.3, 0.4) is 0 Å². The summed E-state index contributed by atoms with van der Waals surface area (Å²) in [5.74, 6) is -0.792. The summed E-state index contributed by atoms with van der Waals surface area (Å²) >= 11 is 6.38. The number of aryl methyl sites for hydroxylation is 2. The van der Waals surface area contributed by atoms with Crippen LogP contribution in [0.5, 0.6) is 0 Å². The number of benzene rings is 2. The summed E-state index contributed by atoms with van der Waals surface area (Å²) in [6, 6.07) is 10.7. The average Bonchev–Trinajstić information content (AvgIpc) is 2.78. The van der Waals surface area contributed by atoms with Crippen molar-refractivity contribution in [3.63, 3.8) is 0 Å². The Bertz CT molecular complexity index is 1060. The average molecular weight is 516 g/mol. The second kappa shape index (κ2) is 12.3. The molecule has 2 rings (SSSR count). The van der Waals surface area contributed by atoms with Crippen LogP contribution in [-0.4, -0.2) is 40.5 Å². The number of anilines is 1. The van der Waals surface area contributed by atoms with Crippen LogP contribution in [0.4, 0.5) is 10.5 Å². The van der Waals surface area contributed by atoms with Crippen LogP contribution in [0.15, 0.2) is 42.5 Å². The lowest BCUT2D eigenvalue weighted by molar-refractivity contribution is -0.143. The molecule has 0 aliphatic heterocycles. The number of rotatable bonds is 8. The summed E-state index contributed by atoms with van der Waals surface area (Å²) in [4.78, 5) is 41.5. The standard InChI is InChI=1S/C28H38ClN3O4/c1-9-19(4)32(26(34)20(5)30-27(35)36-28(6,7)8)24(21-15-13-17(2)14-16-21)25(33)31-23-18(3)11-10-12-22(23)29/h10-16,19-20,24H,9H2,1-8H3,(H,30,35)(H,31,33). The SMILES string of the molecule is CCC(C)N(C(=O)C(C)NC(=O)OC(C)(C)C)C(C(=O)Nc1c(C)cccc1Cl)c1ccc(C)cc1. The Hall–Kier alpha value is -3.06. The molecule has 0 aromatic heterocycles. The van der Waals surface area contributed by atoms with Crippen LogP contribution in [0.1, 0.15) is 70.7 Å². The largest absolute Gasteiger partial charge is 0.444 e. The fourth-order valence-corrected chi connectivity index (χ4v) is 4.00. The van der Waals surface area contributed by atoms with Crippen molar-refractivity contribution in [3.8, 4) is 0 Å². The molecule has 3 amide bonds. The normalized spacial score (nSPS) is 13.8. The molecule has 0 bridgehead atoms. The number of nitrogens with one attached hydrogen (secondary N) is 2. The van der Waals surface area contributed by atoms with Crippen LogP contribution < -0.4 is 10.6 Å². The predicted molar refractivity (Wildman–Crippen MR) is 144 cm³/mol. The maximum Gasteiger partial charge on any atom is 0.408 e. The van der Waals surface area contributed by atoms with Crippen molar-refractivity contribution in [3.05, 3.63) is 64.2 Å². The Labute approximate surface area is 219 Å². The van der Waals surface area contributed by atoms with Crippen molar-refractivity contribution in [1.29, 1.82) is 0 Å². The fourth-order valence-electron chi connectivity index (χ4n) is 3.73. The Morgan fingerprint density at radius 2 is 1.64 bits per heavy atom. The second-order valence-electron chi connectivity index (χ2n) is 10.1. The molecule has 196 valence electrons. The molecular weight excluding hydrogens is 478 g/mol. The number of ether oxygens (including phenoxy) is 1. The van der Waals surface area contributed by atoms with Crippen LogP contribution in [-0.2, 0) is 14.3 Å². The van der Waals surface area contributed by atoms with E-state index in [1.807, 2.05) is 64.1 Å². The van der Waals surface area contributed by atoms with Crippen molar-refractivity contribution in [2.24, 2.45) is 0 Å². The van der Waals surface area contributed by atoms with E-state index in [9.17, 15) is 14.4 Å². The Morgan fingerprint density at radius 3 is 2.17 bits per heavy atom. The molecule has 2 aromatic carbocycles. The third-order valence-corrected chi connectivity index (χ3v) is 6.13. The molecule has 2 aromatic rings. The highest BCUT2D eigenvalue weighted by Gasteiger charge is 2.37. The van der Waals surface area contributed by atoms with Gasteiger partial charge in [0.05, 0.1) is 10.7 Å². The summed E-state index contributed by atoms with van der Waals surface area (Å²) in [5.41, 5.74) is 2.28. The zero-order valence-corrected chi connectivity index (χ0v) is 23.2. The van der Waals surface area contributed by atoms with E-state index in [4.69, 9.17) is 16.3 Å². The van der Waals surface area contributed by atoms with Crippen molar-refractivity contribution in [2.75, 3.05) is 5.32 Å². The van der Waals surface area contributed by atoms with Gasteiger partial charge in [-0.25, -0.2) is 4.79 Å². The zero-order valence-electron chi connectivity index (χ0n) is 22.4. The number of hydrogen-bond acceptors (Lipinski definition) is 4. The number of halogens is 1. The highest BCUT2D eigenvalue weighted by molar-refractivity contribution is 6.34. The van der Waals surface area contributed by atoms with Gasteiger partial charge in [-0.3, -0.25) is 9.59 Å². The van der Waals surface area contributed by atoms with Crippen LogP contribution in [0, 0.1) is 13.8 Å². The van der Waals surface area contributed by atoms with Gasteiger partial charge in [0, 0.05) is 6.04 Å². The molecule has 0 fully saturated rings. The Kier molecular flexibility index (Phi) is 9.93. The third kappa shape index (κ3) is 7.72. The molecule has 0 radical (unpaired) electrons. The first kappa shape index (κ1) is 29.2. The van der Waals surface area contributed by atoms with E-state index in [2.05, 4.69) is 10.6 Å². The summed E-state index contributed by atoms with van der Waals surface area (Å²) in [6.45, 7) is 14.5. The van der Waals surface area contributed by atoms with Gasteiger partial charge in [-0.1, -0.05) is 60.5 Å². The summed E-state index contributed by atoms with van der Waals surface area (Å²) < 4.78 is 5.32. The molecule has 3 unspecified atom stereocenters. The van der Waals surface area contributed by atoms with Crippen LogP contribution in [0.25, 0.3) is 0 Å². The minimum atomic E-state index is -0.952. The molecule has 36 heavy (non-hydrogen) atoms. The predicted octanol–water partition coefficient (Wildman–Crippen LogP) is 6.18. The highest BCUT2D eigenvalue weighted by atomic mass is 35.5. The molecule has 0 spiro atoms. The smallest absolute Gasteiger partial charge is 0.408 e. The second-order valence-corrected chi connectivity index (χ2v) is 10.5. The maximum absolute atomic E-state index is 13.8. The Morgan fingerprint density at radius 1 is 1.03 bits per heavy atom. The maximum atomic E-state index is 13.8. The van der Waals surface area contributed by atoms with Gasteiger partial charge in [-0.15, -0.1) is 0 Å². The molecule has 0 aliphatic rings. The number of carbonyl (C=O) groups is 3. The van der Waals surface area contributed by atoms with E-state index in [0.717, 1.165) is 11.1 Å². The van der Waals surface area contributed by atoms with E-state index in [1.165, 1.54) is 4.90 Å². The van der Waals surface area contributed by atoms with Gasteiger partial charge >= 0.3 is 6.09 Å². The monoisotopic (exact) mass is 515 g/mol. The fraction of sp³-hybridized carbons (Fsp3) is 0.464. The lowest BCUT2D eigenvalue weighted by atomic mass is 9.99. The van der Waals surface area contributed by atoms with Crippen molar-refractivity contribution in [2.45, 2.75) is 85.5 Å². The third-order valence-electron chi connectivity index (χ3n) is 5.81. The molecule has 0 aliphatic carbocycles. The van der Waals surface area contributed by atoms with Crippen molar-refractivity contribution < 1.29 is 19.1 Å². The summed E-state index contributed by atoms with van der Waals surface area (Å²) in [5, 5.41) is 5.96. The van der Waals surface area contributed by atoms with Crippen LogP contribution >= 0.6 is 11.6 Å². The minimum Gasteiger partial charge on any atom is -0.444 e. The van der Waals surface area contributed by atoms with Gasteiger partial charge in [0.25, 0.3) is 5.91 Å². The zero-order chi connectivity index (χ0) is 27.2. The van der Waals surface area contributed by atoms with Crippen molar-refractivity contribution >= 4 is 35.2 Å². The number of nitrogens with zero attached hydrogens (tertiary/aromatic N) is 1. The first-order chi connectivity index (χ1) is 16.7. The Balaban J connectivity index is 2.49. The summed E-state index contributed by atoms with van der Waals surface area (Å²) in [7, 11) is 0. The number of hydrogen-bond donors (Lipinski definition) is 2. The number of carbonyl (C=O) groups excluding carboxylic acids is 3. The number of para-hydroxylation sites is 1. The van der Waals surface area contributed by atoms with Gasteiger partial charge in [0.1, 0.15) is 17.7 Å². The molecule has 3 atom stereocenters. The quantitative estimate of drug-likeness (QED) is 0.439. The van der Waals surface area contributed by atoms with Gasteiger partial charge in [0.2, 0.25) is 5.91 Å². The topological polar surface area (TPSA) is 87.7 Å². The lowest BCUT2D eigenvalue weighted by Gasteiger charge is -2.37. The molecule has 0 heterocycles. The van der Waals surface area contributed by atoms with Crippen LogP contribution in [0.2, 0.25) is 5.02 Å².